The lowest BCUT2D eigenvalue weighted by Gasteiger charge is -2.47. The topological polar surface area (TPSA) is 177 Å². The largest absolute Gasteiger partial charge is 0.456 e. The average Bonchev–Trinajstić information content (AvgIpc) is 3.32. The monoisotopic (exact) mass is 930 g/mol. The molecular formula is C51H76FNO13. The summed E-state index contributed by atoms with van der Waals surface area (Å²) >= 11 is 0. The second-order valence-electron chi connectivity index (χ2n) is 19.2. The maximum absolute atomic E-state index is 16.3. The predicted octanol–water partition coefficient (Wildman–Crippen LogP) is 6.62. The van der Waals surface area contributed by atoms with Gasteiger partial charge in [-0.1, -0.05) is 70.2 Å². The minimum Gasteiger partial charge on any atom is -0.456 e. The summed E-state index contributed by atoms with van der Waals surface area (Å²) in [6, 6.07) is 8.64. The van der Waals surface area contributed by atoms with Crippen LogP contribution in [-0.4, -0.2) is 134 Å². The maximum Gasteiger partial charge on any atom is 0.329 e. The number of amides is 1. The van der Waals surface area contributed by atoms with Crippen molar-refractivity contribution in [2.75, 3.05) is 34.7 Å². The van der Waals surface area contributed by atoms with Crippen LogP contribution in [0.2, 0.25) is 0 Å². The number of carbonyl (C=O) groups is 4. The number of aliphatic hydroxyl groups is 2. The van der Waals surface area contributed by atoms with Gasteiger partial charge in [0.2, 0.25) is 5.79 Å². The van der Waals surface area contributed by atoms with E-state index in [9.17, 15) is 29.4 Å². The first kappa shape index (κ1) is 53.5. The van der Waals surface area contributed by atoms with Crippen molar-refractivity contribution in [1.29, 1.82) is 0 Å². The van der Waals surface area contributed by atoms with Gasteiger partial charge < -0.3 is 48.3 Å². The molecule has 1 aromatic rings. The van der Waals surface area contributed by atoms with E-state index < -0.39 is 89.9 Å². The van der Waals surface area contributed by atoms with E-state index in [0.717, 1.165) is 16.9 Å². The van der Waals surface area contributed by atoms with E-state index in [0.29, 0.717) is 49.9 Å². The van der Waals surface area contributed by atoms with Gasteiger partial charge in [-0.2, -0.15) is 0 Å². The molecular weight excluding hydrogens is 854 g/mol. The van der Waals surface area contributed by atoms with E-state index in [-0.39, 0.29) is 62.9 Å². The van der Waals surface area contributed by atoms with Crippen molar-refractivity contribution < 1.29 is 66.9 Å². The van der Waals surface area contributed by atoms with Crippen LogP contribution in [0.25, 0.3) is 0 Å². The molecule has 14 nitrogen and oxygen atoms in total. The number of rotatable bonds is 11. The average molecular weight is 930 g/mol. The van der Waals surface area contributed by atoms with Crippen molar-refractivity contribution >= 4 is 23.4 Å². The van der Waals surface area contributed by atoms with E-state index >= 15 is 4.39 Å². The third-order valence-corrected chi connectivity index (χ3v) is 14.6. The van der Waals surface area contributed by atoms with Gasteiger partial charge in [0.15, 0.2) is 0 Å². The fraction of sp³-hybridized carbons (Fsp3) is 0.725. The first-order chi connectivity index (χ1) is 31.5. The molecule has 4 aliphatic rings. The molecule has 15 atom stereocenters. The first-order valence-corrected chi connectivity index (χ1v) is 24.0. The molecule has 1 aliphatic carbocycles. The number of allylic oxidation sites excluding steroid dienone is 3. The van der Waals surface area contributed by atoms with Gasteiger partial charge in [0.25, 0.3) is 11.7 Å². The molecule has 5 rings (SSSR count). The van der Waals surface area contributed by atoms with Gasteiger partial charge in [0.1, 0.15) is 37.0 Å². The summed E-state index contributed by atoms with van der Waals surface area (Å²) in [5.41, 5.74) is 2.01. The van der Waals surface area contributed by atoms with Gasteiger partial charge in [0.05, 0.1) is 37.1 Å². The molecule has 66 heavy (non-hydrogen) atoms. The van der Waals surface area contributed by atoms with Crippen LogP contribution in [0.4, 0.5) is 4.39 Å². The Kier molecular flexibility index (Phi) is 20.1. The zero-order valence-electron chi connectivity index (χ0n) is 40.5. The van der Waals surface area contributed by atoms with Crippen molar-refractivity contribution in [3.8, 4) is 0 Å². The Morgan fingerprint density at radius 1 is 0.924 bits per heavy atom. The summed E-state index contributed by atoms with van der Waals surface area (Å²) in [6.07, 6.45) is 0.278. The molecule has 3 heterocycles. The lowest BCUT2D eigenvalue weighted by Crippen LogP contribution is -2.64. The smallest absolute Gasteiger partial charge is 0.329 e. The number of nitrogens with zero attached hydrogens (tertiary/aromatic N) is 1. The van der Waals surface area contributed by atoms with Crippen LogP contribution in [0.15, 0.2) is 53.6 Å². The zero-order valence-corrected chi connectivity index (χ0v) is 40.5. The van der Waals surface area contributed by atoms with Crippen LogP contribution >= 0.6 is 0 Å². The number of esters is 1. The van der Waals surface area contributed by atoms with E-state index in [1.807, 2.05) is 50.3 Å². The van der Waals surface area contributed by atoms with E-state index in [2.05, 4.69) is 0 Å². The van der Waals surface area contributed by atoms with E-state index in [1.165, 1.54) is 14.2 Å². The fourth-order valence-corrected chi connectivity index (χ4v) is 10.3. The number of methoxy groups -OCH3 is 3. The molecule has 370 valence electrons. The molecule has 1 aromatic carbocycles. The SMILES string of the molecule is CCC1/C=C(\C)C(F)C(C)CC(OC)C2OC(O)(C(=O)C(=O)N3CCCCC3C(=O)OC(C(C)=CC3CCC(OCOCc4ccccc4)C(OC)C3)C(C)C(O)CC1=O)C(C)CC2OC. The van der Waals surface area contributed by atoms with Crippen LogP contribution in [0.3, 0.4) is 0 Å². The molecule has 1 saturated carbocycles. The summed E-state index contributed by atoms with van der Waals surface area (Å²) in [5, 5.41) is 23.9. The van der Waals surface area contributed by atoms with Gasteiger partial charge in [0, 0.05) is 52.0 Å². The molecule has 2 bridgehead atoms. The summed E-state index contributed by atoms with van der Waals surface area (Å²) in [6.45, 7) is 10.8. The Morgan fingerprint density at radius 3 is 2.27 bits per heavy atom. The minimum absolute atomic E-state index is 0.0219. The molecule has 3 fully saturated rings. The predicted molar refractivity (Wildman–Crippen MR) is 243 cm³/mol. The number of hydrogen-bond donors (Lipinski definition) is 2. The number of aliphatic hydroxyl groups excluding tert-OH is 1. The van der Waals surface area contributed by atoms with Crippen molar-refractivity contribution in [1.82, 2.24) is 4.90 Å². The molecule has 2 N–H and O–H groups in total. The molecule has 1 amide bonds. The summed E-state index contributed by atoms with van der Waals surface area (Å²) < 4.78 is 58.2. The summed E-state index contributed by atoms with van der Waals surface area (Å²) in [7, 11) is 4.52. The number of piperidine rings is 1. The Morgan fingerprint density at radius 2 is 1.61 bits per heavy atom. The highest BCUT2D eigenvalue weighted by Gasteiger charge is 2.57. The normalized spacial score (nSPS) is 38.2. The molecule has 0 aromatic heterocycles. The Hall–Kier alpha value is -3.41. The van der Waals surface area contributed by atoms with Crippen LogP contribution in [0, 0.1) is 29.6 Å². The summed E-state index contributed by atoms with van der Waals surface area (Å²) in [4.78, 5) is 58.3. The molecule has 0 radical (unpaired) electrons. The van der Waals surface area contributed by atoms with Crippen molar-refractivity contribution in [3.05, 3.63) is 59.2 Å². The number of ether oxygens (including phenoxy) is 7. The minimum atomic E-state index is -2.61. The van der Waals surface area contributed by atoms with Gasteiger partial charge in [-0.3, -0.25) is 14.4 Å². The molecule has 15 unspecified atom stereocenters. The van der Waals surface area contributed by atoms with Crippen molar-refractivity contribution in [3.63, 3.8) is 0 Å². The number of cyclic esters (lactones) is 1. The fourth-order valence-electron chi connectivity index (χ4n) is 10.3. The maximum atomic E-state index is 16.3. The van der Waals surface area contributed by atoms with Gasteiger partial charge in [-0.25, -0.2) is 9.18 Å². The first-order valence-electron chi connectivity index (χ1n) is 24.0. The number of carbonyl (C=O) groups excluding carboxylic acids is 4. The molecule has 2 saturated heterocycles. The van der Waals surface area contributed by atoms with Crippen molar-refractivity contribution in [2.45, 2.75) is 173 Å². The highest BCUT2D eigenvalue weighted by molar-refractivity contribution is 6.39. The van der Waals surface area contributed by atoms with Crippen molar-refractivity contribution in [2.24, 2.45) is 29.6 Å². The van der Waals surface area contributed by atoms with Crippen LogP contribution < -0.4 is 0 Å². The Labute approximate surface area is 390 Å². The molecule has 15 heteroatoms. The number of alkyl halides is 1. The van der Waals surface area contributed by atoms with Gasteiger partial charge in [-0.15, -0.1) is 0 Å². The van der Waals surface area contributed by atoms with Crippen LogP contribution in [0.5, 0.6) is 0 Å². The lowest BCUT2D eigenvalue weighted by molar-refractivity contribution is -0.302. The van der Waals surface area contributed by atoms with E-state index in [4.69, 9.17) is 33.2 Å². The second-order valence-corrected chi connectivity index (χ2v) is 19.2. The highest BCUT2D eigenvalue weighted by atomic mass is 19.1. The number of benzene rings is 1. The van der Waals surface area contributed by atoms with Gasteiger partial charge in [-0.05, 0) is 100 Å². The standard InChI is InChI=1S/C51H76FNO13/c1-10-37-23-30(2)45(52)31(3)24-43(61-8)47-44(62-9)25-33(5)51(59,66-47)48(56)49(57)53-21-15-14-18-38(53)50(58)65-46(34(6)39(54)27-40(37)55)32(4)22-36-19-20-41(42(26-36)60-7)64-29-63-28-35-16-12-11-13-17-35/h11-13,16-17,22-23,31,33-34,36-39,41-47,54,59H,10,14-15,18-21,24-29H2,1-9H3/b30-23+,32-22?. The molecule has 3 aliphatic heterocycles. The number of hydrogen-bond acceptors (Lipinski definition) is 13. The third kappa shape index (κ3) is 13.0. The third-order valence-electron chi connectivity index (χ3n) is 14.6. The second kappa shape index (κ2) is 24.7. The number of ketones is 2. The highest BCUT2D eigenvalue weighted by Crippen LogP contribution is 2.40. The van der Waals surface area contributed by atoms with E-state index in [1.54, 1.807) is 40.9 Å². The number of halogens is 1. The lowest BCUT2D eigenvalue weighted by atomic mass is 9.81. The molecule has 0 spiro atoms. The quantitative estimate of drug-likeness (QED) is 0.0797. The van der Waals surface area contributed by atoms with Gasteiger partial charge >= 0.3 is 5.97 Å². The zero-order chi connectivity index (χ0) is 48.3. The van der Waals surface area contributed by atoms with Crippen LogP contribution in [-0.2, 0) is 58.9 Å². The van der Waals surface area contributed by atoms with Crippen LogP contribution in [0.1, 0.15) is 111 Å². The number of Topliss-reactive ketones (excluding diaryl/α,β-unsaturated/α-hetero) is 2. The Bertz CT molecular complexity index is 1830. The Balaban J connectivity index is 1.45. The number of fused-ring (bicyclic) bond motifs is 3. The summed E-state index contributed by atoms with van der Waals surface area (Å²) in [5.74, 6) is -9.10.